The highest BCUT2D eigenvalue weighted by atomic mass is 16.6. The van der Waals surface area contributed by atoms with E-state index < -0.39 is 16.8 Å². The molecule has 1 N–H and O–H groups in total. The standard InChI is InChI=1S/C36H39N7O4/c1-4-42-39-34(38-40-42)31-25(2)37-26(3)32(33(31)27-12-11-17-30(24-27)43(45)46)35(44)47-23-22-41-20-18-36(19-21-41,28-13-7-5-8-14-28)29-15-9-6-10-16-29/h5-17,24,33,37H,4,18-23H2,1-3H3. The number of non-ortho nitro benzene ring substituents is 1. The molecule has 0 bridgehead atoms. The molecule has 0 spiro atoms. The van der Waals surface area contributed by atoms with Gasteiger partial charge in [0.1, 0.15) is 6.61 Å². The van der Waals surface area contributed by atoms with E-state index in [2.05, 4.69) is 86.3 Å². The van der Waals surface area contributed by atoms with Gasteiger partial charge in [0.2, 0.25) is 5.82 Å². The molecule has 4 aromatic rings. The Hall–Kier alpha value is -5.16. The van der Waals surface area contributed by atoms with E-state index in [1.54, 1.807) is 12.1 Å². The van der Waals surface area contributed by atoms with Gasteiger partial charge in [-0.3, -0.25) is 15.0 Å². The number of dihydropyridines is 1. The first-order valence-corrected chi connectivity index (χ1v) is 16.0. The van der Waals surface area contributed by atoms with Crippen LogP contribution in [0.25, 0.3) is 5.57 Å². The van der Waals surface area contributed by atoms with Gasteiger partial charge in [-0.05, 0) is 68.6 Å². The molecule has 11 heteroatoms. The lowest BCUT2D eigenvalue weighted by molar-refractivity contribution is -0.384. The maximum Gasteiger partial charge on any atom is 0.336 e. The van der Waals surface area contributed by atoms with Gasteiger partial charge in [-0.1, -0.05) is 72.8 Å². The molecule has 1 saturated heterocycles. The smallest absolute Gasteiger partial charge is 0.336 e. The molecule has 3 heterocycles. The van der Waals surface area contributed by atoms with E-state index in [0.717, 1.165) is 31.6 Å². The van der Waals surface area contributed by atoms with Gasteiger partial charge in [0.15, 0.2) is 0 Å². The second kappa shape index (κ2) is 13.7. The van der Waals surface area contributed by atoms with Crippen LogP contribution in [0.2, 0.25) is 0 Å². The van der Waals surface area contributed by atoms with Crippen LogP contribution in [0.3, 0.4) is 0 Å². The van der Waals surface area contributed by atoms with E-state index in [0.29, 0.717) is 41.3 Å². The number of nitrogens with zero attached hydrogens (tertiary/aromatic N) is 6. The number of allylic oxidation sites excluding steroid dienone is 3. The van der Waals surface area contributed by atoms with Crippen molar-refractivity contribution < 1.29 is 14.5 Å². The van der Waals surface area contributed by atoms with Crippen LogP contribution < -0.4 is 5.32 Å². The number of tetrazole rings is 1. The number of benzene rings is 3. The minimum atomic E-state index is -0.689. The number of esters is 1. The molecular weight excluding hydrogens is 594 g/mol. The zero-order valence-electron chi connectivity index (χ0n) is 26.9. The Morgan fingerprint density at radius 2 is 1.64 bits per heavy atom. The predicted octanol–water partition coefficient (Wildman–Crippen LogP) is 5.62. The van der Waals surface area contributed by atoms with Gasteiger partial charge in [-0.25, -0.2) is 4.79 Å². The lowest BCUT2D eigenvalue weighted by Gasteiger charge is -2.43. The summed E-state index contributed by atoms with van der Waals surface area (Å²) in [5, 5.41) is 27.9. The predicted molar refractivity (Wildman–Crippen MR) is 178 cm³/mol. The highest BCUT2D eigenvalue weighted by Gasteiger charge is 2.39. The molecule has 47 heavy (non-hydrogen) atoms. The van der Waals surface area contributed by atoms with Crippen LogP contribution in [-0.2, 0) is 21.5 Å². The molecule has 3 aromatic carbocycles. The van der Waals surface area contributed by atoms with Crippen molar-refractivity contribution in [1.82, 2.24) is 30.4 Å². The number of piperidine rings is 1. The Kier molecular flexibility index (Phi) is 9.26. The van der Waals surface area contributed by atoms with Crippen molar-refractivity contribution in [2.75, 3.05) is 26.2 Å². The number of carbonyl (C=O) groups is 1. The molecule has 0 saturated carbocycles. The molecule has 2 aliphatic heterocycles. The molecule has 1 fully saturated rings. The minimum absolute atomic E-state index is 0.0643. The summed E-state index contributed by atoms with van der Waals surface area (Å²) in [7, 11) is 0. The van der Waals surface area contributed by atoms with E-state index in [9.17, 15) is 14.9 Å². The SMILES string of the molecule is CCn1nnc(C2=C(C)NC(C)=C(C(=O)OCCN3CCC(c4ccccc4)(c4ccccc4)CC3)C2c2cccc([N+](=O)[O-])c2)n1. The molecule has 6 rings (SSSR count). The number of nitrogens with one attached hydrogen (secondary N) is 1. The van der Waals surface area contributed by atoms with Gasteiger partial charge >= 0.3 is 5.97 Å². The Balaban J connectivity index is 1.20. The van der Waals surface area contributed by atoms with Gasteiger partial charge in [0.25, 0.3) is 5.69 Å². The van der Waals surface area contributed by atoms with E-state index in [4.69, 9.17) is 4.74 Å². The number of aryl methyl sites for hydroxylation is 1. The quantitative estimate of drug-likeness (QED) is 0.134. The lowest BCUT2D eigenvalue weighted by Crippen LogP contribution is -2.44. The van der Waals surface area contributed by atoms with Crippen molar-refractivity contribution in [1.29, 1.82) is 0 Å². The number of hydrogen-bond acceptors (Lipinski definition) is 9. The minimum Gasteiger partial charge on any atom is -0.461 e. The second-order valence-electron chi connectivity index (χ2n) is 12.1. The average Bonchev–Trinajstić information content (AvgIpc) is 3.58. The molecule has 0 amide bonds. The van der Waals surface area contributed by atoms with Gasteiger partial charge in [-0.15, -0.1) is 10.2 Å². The van der Waals surface area contributed by atoms with E-state index in [1.807, 2.05) is 20.8 Å². The molecule has 242 valence electrons. The number of hydrogen-bond donors (Lipinski definition) is 1. The fourth-order valence-corrected chi connectivity index (χ4v) is 6.96. The third-order valence-corrected chi connectivity index (χ3v) is 9.37. The number of carbonyl (C=O) groups excluding carboxylic acids is 1. The maximum absolute atomic E-state index is 13.9. The summed E-state index contributed by atoms with van der Waals surface area (Å²) in [6, 6.07) is 27.7. The normalized spacial score (nSPS) is 18.1. The molecule has 0 aliphatic carbocycles. The molecule has 1 unspecified atom stereocenters. The molecule has 11 nitrogen and oxygen atoms in total. The summed E-state index contributed by atoms with van der Waals surface area (Å²) in [5.74, 6) is -0.829. The van der Waals surface area contributed by atoms with Crippen LogP contribution in [0.5, 0.6) is 0 Å². The molecule has 1 atom stereocenters. The Bertz CT molecular complexity index is 1770. The monoisotopic (exact) mass is 633 g/mol. The summed E-state index contributed by atoms with van der Waals surface area (Å²) in [6.45, 7) is 8.66. The number of ether oxygens (including phenoxy) is 1. The highest BCUT2D eigenvalue weighted by Crippen LogP contribution is 2.44. The number of likely N-dealkylation sites (tertiary alicyclic amines) is 1. The number of aromatic nitrogens is 4. The summed E-state index contributed by atoms with van der Waals surface area (Å²) in [5.41, 5.74) is 5.42. The van der Waals surface area contributed by atoms with Crippen LogP contribution in [0.1, 0.15) is 62.0 Å². The van der Waals surface area contributed by atoms with E-state index in [-0.39, 0.29) is 17.7 Å². The van der Waals surface area contributed by atoms with E-state index >= 15 is 0 Å². The summed E-state index contributed by atoms with van der Waals surface area (Å²) in [6.07, 6.45) is 1.91. The zero-order chi connectivity index (χ0) is 33.0. The summed E-state index contributed by atoms with van der Waals surface area (Å²) >= 11 is 0. The second-order valence-corrected chi connectivity index (χ2v) is 12.1. The van der Waals surface area contributed by atoms with Crippen LogP contribution in [0.4, 0.5) is 5.69 Å². The first-order chi connectivity index (χ1) is 22.8. The number of nitro benzene ring substituents is 1. The Morgan fingerprint density at radius 1 is 0.979 bits per heavy atom. The van der Waals surface area contributed by atoms with Crippen molar-refractivity contribution in [3.8, 4) is 0 Å². The van der Waals surface area contributed by atoms with Gasteiger partial charge in [0, 0.05) is 47.0 Å². The van der Waals surface area contributed by atoms with E-state index in [1.165, 1.54) is 28.1 Å². The van der Waals surface area contributed by atoms with Crippen LogP contribution in [-0.4, -0.2) is 62.2 Å². The van der Waals surface area contributed by atoms with Crippen molar-refractivity contribution in [3.63, 3.8) is 0 Å². The van der Waals surface area contributed by atoms with Crippen LogP contribution in [0, 0.1) is 10.1 Å². The Morgan fingerprint density at radius 3 is 2.23 bits per heavy atom. The summed E-state index contributed by atoms with van der Waals surface area (Å²) < 4.78 is 5.95. The maximum atomic E-state index is 13.9. The van der Waals surface area contributed by atoms with Crippen molar-refractivity contribution in [2.24, 2.45) is 0 Å². The van der Waals surface area contributed by atoms with Crippen LogP contribution in [0.15, 0.2) is 102 Å². The fourth-order valence-electron chi connectivity index (χ4n) is 6.96. The van der Waals surface area contributed by atoms with Gasteiger partial charge in [-0.2, -0.15) is 4.80 Å². The first kappa shape index (κ1) is 31.8. The van der Waals surface area contributed by atoms with Gasteiger partial charge in [0.05, 0.1) is 17.0 Å². The summed E-state index contributed by atoms with van der Waals surface area (Å²) in [4.78, 5) is 29.0. The average molecular weight is 634 g/mol. The largest absolute Gasteiger partial charge is 0.461 e. The number of nitro groups is 1. The molecule has 0 radical (unpaired) electrons. The molecular formula is C36H39N7O4. The van der Waals surface area contributed by atoms with Crippen molar-refractivity contribution in [3.05, 3.63) is 135 Å². The zero-order valence-corrected chi connectivity index (χ0v) is 26.9. The molecule has 1 aromatic heterocycles. The molecule has 2 aliphatic rings. The fraction of sp³-hybridized carbons (Fsp3) is 0.333. The van der Waals surface area contributed by atoms with Crippen molar-refractivity contribution >= 4 is 17.2 Å². The van der Waals surface area contributed by atoms with Gasteiger partial charge < -0.3 is 10.1 Å². The topological polar surface area (TPSA) is 128 Å². The lowest BCUT2D eigenvalue weighted by atomic mass is 9.68. The highest BCUT2D eigenvalue weighted by molar-refractivity contribution is 5.97. The number of rotatable bonds is 10. The third kappa shape index (κ3) is 6.44. The Labute approximate surface area is 274 Å². The first-order valence-electron chi connectivity index (χ1n) is 16.0. The third-order valence-electron chi connectivity index (χ3n) is 9.37. The van der Waals surface area contributed by atoms with Crippen LogP contribution >= 0.6 is 0 Å². The van der Waals surface area contributed by atoms with Crippen molar-refractivity contribution in [2.45, 2.75) is 51.5 Å².